The van der Waals surface area contributed by atoms with Gasteiger partial charge in [-0.05, 0) is 32.9 Å². The molecule has 0 saturated carbocycles. The number of furan rings is 1. The fraction of sp³-hybridized carbons (Fsp3) is 0.455. The van der Waals surface area contributed by atoms with Gasteiger partial charge in [0.1, 0.15) is 5.71 Å². The molecule has 1 aliphatic heterocycles. The molecule has 0 unspecified atom stereocenters. The zero-order chi connectivity index (χ0) is 11.6. The van der Waals surface area contributed by atoms with Crippen molar-refractivity contribution >= 4 is 22.6 Å². The van der Waals surface area contributed by atoms with E-state index >= 15 is 0 Å². The average Bonchev–Trinajstić information content (AvgIpc) is 2.69. The number of rotatable bonds is 1. The van der Waals surface area contributed by atoms with Crippen LogP contribution in [-0.4, -0.2) is 22.2 Å². The lowest BCUT2D eigenvalue weighted by atomic mass is 10.1. The number of aliphatic imine (C=N–C) groups is 1. The largest absolute Gasteiger partial charge is 0.463 e. The maximum absolute atomic E-state index is 5.29. The maximum atomic E-state index is 5.29. The summed E-state index contributed by atoms with van der Waals surface area (Å²) in [6.07, 6.45) is 1.65. The van der Waals surface area contributed by atoms with Gasteiger partial charge in [0.15, 0.2) is 10.9 Å². The Hall–Kier alpha value is -1.23. The normalized spacial score (nSPS) is 19.4. The molecular weight excluding hydrogens is 222 g/mol. The van der Waals surface area contributed by atoms with Crippen molar-refractivity contribution in [3.05, 3.63) is 24.2 Å². The second-order valence-electron chi connectivity index (χ2n) is 4.52. The van der Waals surface area contributed by atoms with E-state index in [9.17, 15) is 0 Å². The minimum Gasteiger partial charge on any atom is -0.463 e. The van der Waals surface area contributed by atoms with Crippen LogP contribution in [0.3, 0.4) is 0 Å². The summed E-state index contributed by atoms with van der Waals surface area (Å²) in [7, 11) is 0. The Kier molecular flexibility index (Phi) is 3.05. The van der Waals surface area contributed by atoms with Gasteiger partial charge in [-0.25, -0.2) is 0 Å². The third-order valence-electron chi connectivity index (χ3n) is 1.87. The maximum Gasteiger partial charge on any atom is 0.178 e. The summed E-state index contributed by atoms with van der Waals surface area (Å²) in [6, 6.07) is 3.77. The Morgan fingerprint density at radius 2 is 2.31 bits per heavy atom. The highest BCUT2D eigenvalue weighted by Crippen LogP contribution is 2.17. The van der Waals surface area contributed by atoms with E-state index in [1.54, 1.807) is 18.0 Å². The monoisotopic (exact) mass is 237 g/mol. The van der Waals surface area contributed by atoms with Gasteiger partial charge in [0.2, 0.25) is 0 Å². The van der Waals surface area contributed by atoms with E-state index in [4.69, 9.17) is 4.42 Å². The van der Waals surface area contributed by atoms with Crippen LogP contribution in [0.4, 0.5) is 0 Å². The van der Waals surface area contributed by atoms with Crippen LogP contribution in [0.25, 0.3) is 0 Å². The summed E-state index contributed by atoms with van der Waals surface area (Å²) >= 11 is 1.64. The highest BCUT2D eigenvalue weighted by molar-refractivity contribution is 8.14. The Balaban J connectivity index is 2.09. The second kappa shape index (κ2) is 4.33. The van der Waals surface area contributed by atoms with Crippen molar-refractivity contribution in [3.8, 4) is 0 Å². The first-order valence-electron chi connectivity index (χ1n) is 5.14. The van der Waals surface area contributed by atoms with Gasteiger partial charge in [-0.2, -0.15) is 5.10 Å². The number of hydrazone groups is 1. The lowest BCUT2D eigenvalue weighted by Gasteiger charge is -2.18. The number of hydrogen-bond donors (Lipinski definition) is 1. The van der Waals surface area contributed by atoms with Crippen molar-refractivity contribution in [3.63, 3.8) is 0 Å². The highest BCUT2D eigenvalue weighted by atomic mass is 32.2. The fourth-order valence-corrected chi connectivity index (χ4v) is 2.18. The van der Waals surface area contributed by atoms with Crippen LogP contribution in [-0.2, 0) is 0 Å². The van der Waals surface area contributed by atoms with E-state index in [-0.39, 0.29) is 5.54 Å². The Labute approximate surface area is 99.2 Å². The predicted octanol–water partition coefficient (Wildman–Crippen LogP) is 2.47. The van der Waals surface area contributed by atoms with Crippen molar-refractivity contribution in [2.24, 2.45) is 10.1 Å². The number of nitrogens with zero attached hydrogens (tertiary/aromatic N) is 2. The summed E-state index contributed by atoms with van der Waals surface area (Å²) in [5, 5.41) is 5.12. The van der Waals surface area contributed by atoms with E-state index in [1.807, 2.05) is 12.1 Å². The van der Waals surface area contributed by atoms with Crippen molar-refractivity contribution < 1.29 is 4.42 Å². The highest BCUT2D eigenvalue weighted by Gasteiger charge is 2.17. The number of nitrogens with one attached hydrogen (secondary N) is 1. The molecule has 0 spiro atoms. The van der Waals surface area contributed by atoms with Crippen molar-refractivity contribution in [2.45, 2.75) is 26.3 Å². The average molecular weight is 237 g/mol. The molecule has 16 heavy (non-hydrogen) atoms. The third-order valence-corrected chi connectivity index (χ3v) is 2.75. The quantitative estimate of drug-likeness (QED) is 0.816. The smallest absolute Gasteiger partial charge is 0.178 e. The topological polar surface area (TPSA) is 49.9 Å². The molecule has 0 bridgehead atoms. The molecule has 0 radical (unpaired) electrons. The SMILES string of the molecule is CC(C)(C)N=C1NN=C(c2ccco2)CS1. The molecule has 5 heteroatoms. The van der Waals surface area contributed by atoms with Crippen LogP contribution in [0.5, 0.6) is 0 Å². The molecule has 1 aromatic heterocycles. The summed E-state index contributed by atoms with van der Waals surface area (Å²) in [5.74, 6) is 1.60. The van der Waals surface area contributed by atoms with Gasteiger partial charge >= 0.3 is 0 Å². The van der Waals surface area contributed by atoms with E-state index in [2.05, 4.69) is 36.3 Å². The standard InChI is InChI=1S/C11H15N3OS/c1-11(2,3)12-10-14-13-8(7-16-10)9-5-4-6-15-9/h4-6H,7H2,1-3H3,(H,12,14). The van der Waals surface area contributed by atoms with Crippen molar-refractivity contribution in [2.75, 3.05) is 5.75 Å². The Morgan fingerprint density at radius 3 is 2.81 bits per heavy atom. The molecular formula is C11H15N3OS. The molecule has 0 atom stereocenters. The van der Waals surface area contributed by atoms with Crippen molar-refractivity contribution in [1.29, 1.82) is 0 Å². The first-order chi connectivity index (χ1) is 7.54. The number of amidine groups is 1. The van der Waals surface area contributed by atoms with Crippen LogP contribution in [0.1, 0.15) is 26.5 Å². The van der Waals surface area contributed by atoms with Gasteiger partial charge in [0, 0.05) is 5.75 Å². The van der Waals surface area contributed by atoms with Crippen molar-refractivity contribution in [1.82, 2.24) is 5.43 Å². The molecule has 0 saturated heterocycles. The third kappa shape index (κ3) is 2.88. The molecule has 0 aliphatic carbocycles. The fourth-order valence-electron chi connectivity index (χ4n) is 1.25. The van der Waals surface area contributed by atoms with E-state index in [0.29, 0.717) is 0 Å². The molecule has 1 aromatic rings. The minimum absolute atomic E-state index is 0.0764. The molecule has 1 N–H and O–H groups in total. The first-order valence-corrected chi connectivity index (χ1v) is 6.12. The molecule has 2 rings (SSSR count). The van der Waals surface area contributed by atoms with Crippen LogP contribution >= 0.6 is 11.8 Å². The zero-order valence-electron chi connectivity index (χ0n) is 9.65. The van der Waals surface area contributed by atoms with Gasteiger partial charge in [0.25, 0.3) is 0 Å². The molecule has 0 amide bonds. The van der Waals surface area contributed by atoms with E-state index in [1.165, 1.54) is 0 Å². The molecule has 4 nitrogen and oxygen atoms in total. The van der Waals surface area contributed by atoms with Gasteiger partial charge in [-0.3, -0.25) is 10.4 Å². The summed E-state index contributed by atoms with van der Waals surface area (Å²) in [5.41, 5.74) is 3.80. The molecule has 0 aromatic carbocycles. The van der Waals surface area contributed by atoms with E-state index < -0.39 is 0 Å². The number of thioether (sulfide) groups is 1. The van der Waals surface area contributed by atoms with Gasteiger partial charge < -0.3 is 4.42 Å². The summed E-state index contributed by atoms with van der Waals surface area (Å²) < 4.78 is 5.29. The Morgan fingerprint density at radius 1 is 1.50 bits per heavy atom. The second-order valence-corrected chi connectivity index (χ2v) is 5.49. The van der Waals surface area contributed by atoms with Gasteiger partial charge in [0.05, 0.1) is 11.8 Å². The number of hydrogen-bond acceptors (Lipinski definition) is 4. The van der Waals surface area contributed by atoms with Crippen LogP contribution in [0.15, 0.2) is 32.9 Å². The van der Waals surface area contributed by atoms with Gasteiger partial charge in [-0.15, -0.1) is 0 Å². The predicted molar refractivity (Wildman–Crippen MR) is 68.0 cm³/mol. The molecule has 1 aliphatic rings. The van der Waals surface area contributed by atoms with Crippen LogP contribution < -0.4 is 5.43 Å². The molecule has 2 heterocycles. The lowest BCUT2D eigenvalue weighted by molar-refractivity contribution is 0.556. The zero-order valence-corrected chi connectivity index (χ0v) is 10.5. The first kappa shape index (κ1) is 11.3. The van der Waals surface area contributed by atoms with Crippen LogP contribution in [0.2, 0.25) is 0 Å². The molecule has 0 fully saturated rings. The van der Waals surface area contributed by atoms with Crippen LogP contribution in [0, 0.1) is 0 Å². The molecule has 86 valence electrons. The van der Waals surface area contributed by atoms with Gasteiger partial charge in [-0.1, -0.05) is 11.8 Å². The Bertz CT molecular complexity index is 415. The minimum atomic E-state index is -0.0764. The summed E-state index contributed by atoms with van der Waals surface area (Å²) in [6.45, 7) is 6.19. The lowest BCUT2D eigenvalue weighted by Crippen LogP contribution is -2.28. The van der Waals surface area contributed by atoms with E-state index in [0.717, 1.165) is 22.4 Å². The summed E-state index contributed by atoms with van der Waals surface area (Å²) in [4.78, 5) is 4.51.